The van der Waals surface area contributed by atoms with Gasteiger partial charge < -0.3 is 9.84 Å². The number of para-hydroxylation sites is 1. The van der Waals surface area contributed by atoms with E-state index < -0.39 is 6.10 Å². The highest BCUT2D eigenvalue weighted by molar-refractivity contribution is 7.99. The van der Waals surface area contributed by atoms with Gasteiger partial charge in [-0.3, -0.25) is 0 Å². The first-order valence-corrected chi connectivity index (χ1v) is 10.2. The van der Waals surface area contributed by atoms with E-state index in [2.05, 4.69) is 48.4 Å². The van der Waals surface area contributed by atoms with Gasteiger partial charge in [-0.2, -0.15) is 4.68 Å². The topological polar surface area (TPSA) is 73.1 Å². The number of aromatic nitrogens is 4. The molecule has 148 valence electrons. The number of aliphatic hydroxyl groups excluding tert-OH is 1. The molecule has 6 nitrogen and oxygen atoms in total. The third-order valence-corrected chi connectivity index (χ3v) is 5.42. The van der Waals surface area contributed by atoms with Crippen LogP contribution in [0.3, 0.4) is 0 Å². The third kappa shape index (κ3) is 5.11. The summed E-state index contributed by atoms with van der Waals surface area (Å²) >= 11 is 1.40. The lowest BCUT2D eigenvalue weighted by molar-refractivity contribution is 0.126. The molecule has 3 aromatic rings. The summed E-state index contributed by atoms with van der Waals surface area (Å²) in [7, 11) is 0. The van der Waals surface area contributed by atoms with Crippen LogP contribution in [0.5, 0.6) is 5.75 Å². The van der Waals surface area contributed by atoms with Gasteiger partial charge in [-0.05, 0) is 52.1 Å². The molecule has 0 aliphatic heterocycles. The summed E-state index contributed by atoms with van der Waals surface area (Å²) in [5, 5.41) is 22.8. The van der Waals surface area contributed by atoms with Gasteiger partial charge in [0.05, 0.1) is 11.8 Å². The van der Waals surface area contributed by atoms with Crippen molar-refractivity contribution in [2.75, 3.05) is 12.4 Å². The van der Waals surface area contributed by atoms with Crippen LogP contribution in [-0.2, 0) is 5.41 Å². The lowest BCUT2D eigenvalue weighted by atomic mass is 9.87. The molecule has 0 spiro atoms. The van der Waals surface area contributed by atoms with Crippen LogP contribution in [0.2, 0.25) is 0 Å². The smallest absolute Gasteiger partial charge is 0.214 e. The standard InChI is InChI=1S/C21H26N4O2S/c1-15-7-5-6-8-19(15)25-20(22-23-24-25)28-14-17(26)13-27-18-11-9-16(10-12-18)21(2,3)4/h5-12,17,26H,13-14H2,1-4H3/t17-/m0/s1. The number of aliphatic hydroxyl groups is 1. The minimum Gasteiger partial charge on any atom is -0.491 e. The van der Waals surface area contributed by atoms with Gasteiger partial charge in [-0.1, -0.05) is 62.9 Å². The molecule has 1 N–H and O–H groups in total. The van der Waals surface area contributed by atoms with E-state index in [1.165, 1.54) is 17.3 Å². The lowest BCUT2D eigenvalue weighted by Gasteiger charge is -2.19. The van der Waals surface area contributed by atoms with Crippen molar-refractivity contribution >= 4 is 11.8 Å². The van der Waals surface area contributed by atoms with Gasteiger partial charge in [-0.25, -0.2) is 0 Å². The second-order valence-electron chi connectivity index (χ2n) is 7.71. The average Bonchev–Trinajstić information content (AvgIpc) is 3.13. The fraction of sp³-hybridized carbons (Fsp3) is 0.381. The highest BCUT2D eigenvalue weighted by Gasteiger charge is 2.15. The van der Waals surface area contributed by atoms with Gasteiger partial charge >= 0.3 is 0 Å². The summed E-state index contributed by atoms with van der Waals surface area (Å²) < 4.78 is 7.41. The van der Waals surface area contributed by atoms with Crippen LogP contribution in [0.25, 0.3) is 5.69 Å². The quantitative estimate of drug-likeness (QED) is 0.610. The largest absolute Gasteiger partial charge is 0.491 e. The maximum atomic E-state index is 10.3. The number of nitrogens with zero attached hydrogens (tertiary/aromatic N) is 4. The Hall–Kier alpha value is -2.38. The van der Waals surface area contributed by atoms with Gasteiger partial charge in [0.25, 0.3) is 0 Å². The molecule has 0 aliphatic carbocycles. The first-order valence-electron chi connectivity index (χ1n) is 9.23. The van der Waals surface area contributed by atoms with E-state index in [0.29, 0.717) is 10.9 Å². The van der Waals surface area contributed by atoms with Crippen LogP contribution in [0.15, 0.2) is 53.7 Å². The maximum absolute atomic E-state index is 10.3. The van der Waals surface area contributed by atoms with Crippen molar-refractivity contribution in [3.63, 3.8) is 0 Å². The Bertz CT molecular complexity index is 903. The molecule has 0 unspecified atom stereocenters. The Morgan fingerprint density at radius 2 is 1.82 bits per heavy atom. The first-order chi connectivity index (χ1) is 13.3. The van der Waals surface area contributed by atoms with Crippen molar-refractivity contribution in [2.45, 2.75) is 44.4 Å². The Morgan fingerprint density at radius 1 is 1.11 bits per heavy atom. The van der Waals surface area contributed by atoms with E-state index in [-0.39, 0.29) is 12.0 Å². The van der Waals surface area contributed by atoms with Crippen LogP contribution in [0.4, 0.5) is 0 Å². The molecule has 28 heavy (non-hydrogen) atoms. The van der Waals surface area contributed by atoms with E-state index in [0.717, 1.165) is 17.0 Å². The van der Waals surface area contributed by atoms with Crippen molar-refractivity contribution in [1.82, 2.24) is 20.2 Å². The number of thioether (sulfide) groups is 1. The molecule has 0 radical (unpaired) electrons. The highest BCUT2D eigenvalue weighted by atomic mass is 32.2. The fourth-order valence-corrected chi connectivity index (χ4v) is 3.47. The summed E-state index contributed by atoms with van der Waals surface area (Å²) in [6, 6.07) is 15.9. The zero-order chi connectivity index (χ0) is 20.1. The van der Waals surface area contributed by atoms with Gasteiger partial charge in [0.1, 0.15) is 12.4 Å². The summed E-state index contributed by atoms with van der Waals surface area (Å²) in [6.45, 7) is 8.75. The molecule has 0 amide bonds. The summed E-state index contributed by atoms with van der Waals surface area (Å²) in [5.41, 5.74) is 3.37. The minimum atomic E-state index is -0.630. The van der Waals surface area contributed by atoms with Crippen LogP contribution in [-0.4, -0.2) is 43.8 Å². The molecule has 0 saturated heterocycles. The van der Waals surface area contributed by atoms with Gasteiger partial charge in [0.2, 0.25) is 5.16 Å². The molecule has 0 aliphatic rings. The van der Waals surface area contributed by atoms with E-state index in [4.69, 9.17) is 4.74 Å². The Balaban J connectivity index is 1.54. The summed E-state index contributed by atoms with van der Waals surface area (Å²) in [4.78, 5) is 0. The van der Waals surface area contributed by atoms with E-state index in [1.807, 2.05) is 43.3 Å². The molecule has 0 saturated carbocycles. The Labute approximate surface area is 169 Å². The van der Waals surface area contributed by atoms with E-state index in [9.17, 15) is 5.11 Å². The molecule has 1 aromatic heterocycles. The SMILES string of the molecule is Cc1ccccc1-n1nnnc1SC[C@@H](O)COc1ccc(C(C)(C)C)cc1. The van der Waals surface area contributed by atoms with Crippen molar-refractivity contribution in [3.05, 3.63) is 59.7 Å². The highest BCUT2D eigenvalue weighted by Crippen LogP contribution is 2.25. The second-order valence-corrected chi connectivity index (χ2v) is 8.70. The predicted molar refractivity (Wildman–Crippen MR) is 111 cm³/mol. The molecule has 0 fully saturated rings. The van der Waals surface area contributed by atoms with Crippen LogP contribution in [0, 0.1) is 6.92 Å². The summed E-state index contributed by atoms with van der Waals surface area (Å²) in [5.74, 6) is 1.19. The van der Waals surface area contributed by atoms with Gasteiger partial charge in [-0.15, -0.1) is 5.10 Å². The second kappa shape index (κ2) is 8.75. The molecule has 1 atom stereocenters. The molecule has 1 heterocycles. The minimum absolute atomic E-state index is 0.107. The zero-order valence-electron chi connectivity index (χ0n) is 16.7. The number of benzene rings is 2. The number of rotatable bonds is 7. The number of tetrazole rings is 1. The molecule has 3 rings (SSSR count). The zero-order valence-corrected chi connectivity index (χ0v) is 17.5. The Morgan fingerprint density at radius 3 is 2.50 bits per heavy atom. The molecule has 2 aromatic carbocycles. The van der Waals surface area contributed by atoms with Crippen LogP contribution in [0.1, 0.15) is 31.9 Å². The van der Waals surface area contributed by atoms with E-state index >= 15 is 0 Å². The number of hydrogen-bond acceptors (Lipinski definition) is 6. The van der Waals surface area contributed by atoms with Crippen molar-refractivity contribution in [1.29, 1.82) is 0 Å². The van der Waals surface area contributed by atoms with Crippen LogP contribution < -0.4 is 4.74 Å². The van der Waals surface area contributed by atoms with Crippen molar-refractivity contribution in [2.24, 2.45) is 0 Å². The predicted octanol–water partition coefficient (Wildman–Crippen LogP) is 3.80. The van der Waals surface area contributed by atoms with Crippen molar-refractivity contribution < 1.29 is 9.84 Å². The average molecular weight is 399 g/mol. The van der Waals surface area contributed by atoms with Gasteiger partial charge in [0, 0.05) is 5.75 Å². The lowest BCUT2D eigenvalue weighted by Crippen LogP contribution is -2.20. The fourth-order valence-electron chi connectivity index (χ4n) is 2.68. The van der Waals surface area contributed by atoms with Crippen LogP contribution >= 0.6 is 11.8 Å². The summed E-state index contributed by atoms with van der Waals surface area (Å²) in [6.07, 6.45) is -0.630. The maximum Gasteiger partial charge on any atom is 0.214 e. The molecular formula is C21H26N4O2S. The molecular weight excluding hydrogens is 372 g/mol. The first kappa shape index (κ1) is 20.4. The molecule has 0 bridgehead atoms. The monoisotopic (exact) mass is 398 g/mol. The number of ether oxygens (including phenoxy) is 1. The van der Waals surface area contributed by atoms with E-state index in [1.54, 1.807) is 4.68 Å². The molecule has 7 heteroatoms. The van der Waals surface area contributed by atoms with Crippen molar-refractivity contribution in [3.8, 4) is 11.4 Å². The third-order valence-electron chi connectivity index (χ3n) is 4.35. The number of aryl methyl sites for hydroxylation is 1. The Kier molecular flexibility index (Phi) is 6.36. The number of hydrogen-bond donors (Lipinski definition) is 1. The van der Waals surface area contributed by atoms with Gasteiger partial charge in [0.15, 0.2) is 0 Å². The normalized spacial score (nSPS) is 12.8.